The van der Waals surface area contributed by atoms with Gasteiger partial charge in [0, 0.05) is 48.7 Å². The van der Waals surface area contributed by atoms with Gasteiger partial charge in [0.25, 0.3) is 0 Å². The lowest BCUT2D eigenvalue weighted by Crippen LogP contribution is -2.32. The summed E-state index contributed by atoms with van der Waals surface area (Å²) in [5.41, 5.74) is 3.36. The number of amides is 1. The first-order valence-corrected chi connectivity index (χ1v) is 12.5. The first-order valence-electron chi connectivity index (χ1n) is 10.8. The number of thiazole rings is 1. The molecule has 0 saturated carbocycles. The van der Waals surface area contributed by atoms with Crippen LogP contribution in [0.4, 0.5) is 5.00 Å². The second-order valence-corrected chi connectivity index (χ2v) is 10.6. The fraction of sp³-hybridized carbons (Fsp3) is 0.500. The van der Waals surface area contributed by atoms with Crippen LogP contribution in [0.1, 0.15) is 23.3 Å². The van der Waals surface area contributed by atoms with E-state index in [0.717, 1.165) is 64.9 Å². The van der Waals surface area contributed by atoms with E-state index in [4.69, 9.17) is 4.98 Å². The Kier molecular flexibility index (Phi) is 6.03. The quantitative estimate of drug-likeness (QED) is 0.594. The van der Waals surface area contributed by atoms with E-state index in [9.17, 15) is 4.79 Å². The van der Waals surface area contributed by atoms with Crippen molar-refractivity contribution < 1.29 is 4.79 Å². The van der Waals surface area contributed by atoms with Crippen LogP contribution in [0.15, 0.2) is 18.5 Å². The van der Waals surface area contributed by atoms with Gasteiger partial charge in [-0.25, -0.2) is 4.98 Å². The molecule has 1 amide bonds. The van der Waals surface area contributed by atoms with E-state index in [-0.39, 0.29) is 5.91 Å². The molecule has 1 saturated heterocycles. The highest BCUT2D eigenvalue weighted by Crippen LogP contribution is 2.44. The van der Waals surface area contributed by atoms with Crippen LogP contribution in [-0.4, -0.2) is 72.0 Å². The molecule has 5 heterocycles. The summed E-state index contributed by atoms with van der Waals surface area (Å²) in [6.45, 7) is 4.74. The monoisotopic (exact) mass is 456 g/mol. The number of likely N-dealkylation sites (tertiary alicyclic amines) is 1. The molecule has 1 atom stereocenters. The van der Waals surface area contributed by atoms with Crippen LogP contribution >= 0.6 is 22.7 Å². The van der Waals surface area contributed by atoms with Crippen molar-refractivity contribution >= 4 is 43.8 Å². The number of hydrogen-bond acceptors (Lipinski definition) is 8. The third-order valence-electron chi connectivity index (χ3n) is 6.22. The van der Waals surface area contributed by atoms with Crippen LogP contribution in [0.5, 0.6) is 0 Å². The number of nitrogens with one attached hydrogen (secondary N) is 2. The minimum Gasteiger partial charge on any atom is -0.317 e. The third kappa shape index (κ3) is 4.38. The summed E-state index contributed by atoms with van der Waals surface area (Å²) in [7, 11) is 4.27. The largest absolute Gasteiger partial charge is 0.317 e. The van der Waals surface area contributed by atoms with Gasteiger partial charge in [0.1, 0.15) is 15.5 Å². The summed E-state index contributed by atoms with van der Waals surface area (Å²) in [6.07, 6.45) is 6.27. The van der Waals surface area contributed by atoms with E-state index in [1.165, 1.54) is 16.9 Å². The molecule has 0 unspecified atom stereocenters. The lowest BCUT2D eigenvalue weighted by molar-refractivity contribution is -0.116. The highest BCUT2D eigenvalue weighted by atomic mass is 32.1. The van der Waals surface area contributed by atoms with E-state index in [1.807, 2.05) is 12.3 Å². The topological polar surface area (TPSA) is 73.4 Å². The predicted molar refractivity (Wildman–Crippen MR) is 128 cm³/mol. The van der Waals surface area contributed by atoms with Crippen LogP contribution in [0.25, 0.3) is 20.8 Å². The molecule has 1 fully saturated rings. The fourth-order valence-electron chi connectivity index (χ4n) is 4.42. The van der Waals surface area contributed by atoms with Crippen LogP contribution in [-0.2, 0) is 17.8 Å². The van der Waals surface area contributed by atoms with Gasteiger partial charge in [0.05, 0.1) is 10.9 Å². The van der Waals surface area contributed by atoms with Crippen molar-refractivity contribution in [2.45, 2.75) is 31.8 Å². The predicted octanol–water partition coefficient (Wildman–Crippen LogP) is 3.03. The highest BCUT2D eigenvalue weighted by molar-refractivity contribution is 7.22. The van der Waals surface area contributed by atoms with E-state index < -0.39 is 0 Å². The number of likely N-dealkylation sites (N-methyl/N-ethyl adjacent to an activating group) is 1. The molecule has 2 N–H and O–H groups in total. The van der Waals surface area contributed by atoms with Gasteiger partial charge in [-0.3, -0.25) is 9.78 Å². The maximum atomic E-state index is 12.9. The number of aromatic nitrogens is 2. The summed E-state index contributed by atoms with van der Waals surface area (Å²) >= 11 is 3.37. The fourth-order valence-corrected chi connectivity index (χ4v) is 6.73. The van der Waals surface area contributed by atoms with Crippen LogP contribution in [0.3, 0.4) is 0 Å². The Bertz CT molecular complexity index is 1060. The van der Waals surface area contributed by atoms with Gasteiger partial charge in [-0.05, 0) is 51.7 Å². The number of anilines is 1. The zero-order valence-electron chi connectivity index (χ0n) is 18.0. The SMILES string of the molecule is CN(C)[C@H]1CCN(CCC(=O)Nc2sc3c(c2-c2nc4cnccc4s2)CCNC3)C1. The van der Waals surface area contributed by atoms with Gasteiger partial charge >= 0.3 is 0 Å². The van der Waals surface area contributed by atoms with Crippen molar-refractivity contribution in [3.63, 3.8) is 0 Å². The number of thiophene rings is 1. The second kappa shape index (κ2) is 8.91. The Morgan fingerprint density at radius 3 is 3.10 bits per heavy atom. The standard InChI is InChI=1S/C22H28N6OS2/c1-27(2)14-5-9-28(13-14)10-6-19(29)26-22-20(15-3-7-24-12-18(15)31-22)21-25-16-11-23-8-4-17(16)30-21/h4,8,11,14,24H,3,5-7,9-10,12-13H2,1-2H3,(H,26,29)/t14-/m0/s1. The van der Waals surface area contributed by atoms with Gasteiger partial charge in [-0.1, -0.05) is 0 Å². The second-order valence-electron chi connectivity index (χ2n) is 8.50. The van der Waals surface area contributed by atoms with Crippen LogP contribution < -0.4 is 10.6 Å². The number of pyridine rings is 1. The van der Waals surface area contributed by atoms with Gasteiger partial charge < -0.3 is 20.4 Å². The molecule has 7 nitrogen and oxygen atoms in total. The van der Waals surface area contributed by atoms with E-state index in [0.29, 0.717) is 12.5 Å². The molecule has 164 valence electrons. The Morgan fingerprint density at radius 2 is 2.29 bits per heavy atom. The van der Waals surface area contributed by atoms with Crippen LogP contribution in [0, 0.1) is 0 Å². The Balaban J connectivity index is 1.34. The summed E-state index contributed by atoms with van der Waals surface area (Å²) in [4.78, 5) is 27.9. The van der Waals surface area contributed by atoms with Crippen molar-refractivity contribution in [2.75, 3.05) is 45.6 Å². The minimum absolute atomic E-state index is 0.0869. The molecule has 5 rings (SSSR count). The molecule has 2 aliphatic heterocycles. The normalized spacial score (nSPS) is 19.3. The van der Waals surface area contributed by atoms with Gasteiger partial charge in [0.15, 0.2) is 0 Å². The average Bonchev–Trinajstić information content (AvgIpc) is 3.48. The number of fused-ring (bicyclic) bond motifs is 2. The molecule has 0 bridgehead atoms. The first kappa shape index (κ1) is 21.0. The van der Waals surface area contributed by atoms with Gasteiger partial charge in [0.2, 0.25) is 5.91 Å². The molecular weight excluding hydrogens is 428 g/mol. The molecule has 31 heavy (non-hydrogen) atoms. The summed E-state index contributed by atoms with van der Waals surface area (Å²) < 4.78 is 1.13. The van der Waals surface area contributed by atoms with Crippen molar-refractivity contribution in [2.24, 2.45) is 0 Å². The summed E-state index contributed by atoms with van der Waals surface area (Å²) in [5, 5.41) is 8.60. The third-order valence-corrected chi connectivity index (χ3v) is 8.42. The van der Waals surface area contributed by atoms with E-state index >= 15 is 0 Å². The van der Waals surface area contributed by atoms with Crippen molar-refractivity contribution in [3.05, 3.63) is 28.9 Å². The van der Waals surface area contributed by atoms with Crippen LogP contribution in [0.2, 0.25) is 0 Å². The maximum absolute atomic E-state index is 12.9. The Labute approximate surface area is 190 Å². The van der Waals surface area contributed by atoms with E-state index in [1.54, 1.807) is 28.9 Å². The molecule has 9 heteroatoms. The smallest absolute Gasteiger partial charge is 0.226 e. The van der Waals surface area contributed by atoms with E-state index in [2.05, 4.69) is 39.5 Å². The number of nitrogens with zero attached hydrogens (tertiary/aromatic N) is 4. The molecule has 0 aliphatic carbocycles. The first-order chi connectivity index (χ1) is 15.1. The Morgan fingerprint density at radius 1 is 1.39 bits per heavy atom. The highest BCUT2D eigenvalue weighted by Gasteiger charge is 2.26. The van der Waals surface area contributed by atoms with Gasteiger partial charge in [-0.2, -0.15) is 0 Å². The zero-order chi connectivity index (χ0) is 21.4. The molecule has 3 aromatic rings. The van der Waals surface area contributed by atoms with Crippen molar-refractivity contribution in [1.82, 2.24) is 25.1 Å². The molecule has 0 radical (unpaired) electrons. The summed E-state index contributed by atoms with van der Waals surface area (Å²) in [5.74, 6) is 0.0869. The molecule has 0 aromatic carbocycles. The van der Waals surface area contributed by atoms with Crippen molar-refractivity contribution in [1.29, 1.82) is 0 Å². The lowest BCUT2D eigenvalue weighted by Gasteiger charge is -2.20. The molecule has 3 aromatic heterocycles. The summed E-state index contributed by atoms with van der Waals surface area (Å²) in [6, 6.07) is 2.60. The number of rotatable bonds is 6. The zero-order valence-corrected chi connectivity index (χ0v) is 19.6. The number of carbonyl (C=O) groups is 1. The molecule has 2 aliphatic rings. The Hall–Kier alpha value is -1.91. The number of carbonyl (C=O) groups excluding carboxylic acids is 1. The molecular formula is C22H28N6OS2. The maximum Gasteiger partial charge on any atom is 0.226 e. The lowest BCUT2D eigenvalue weighted by atomic mass is 10.0. The van der Waals surface area contributed by atoms with Crippen molar-refractivity contribution in [3.8, 4) is 10.6 Å². The minimum atomic E-state index is 0.0869. The average molecular weight is 457 g/mol. The van der Waals surface area contributed by atoms with Gasteiger partial charge in [-0.15, -0.1) is 22.7 Å². The number of hydrogen-bond donors (Lipinski definition) is 2. The molecule has 0 spiro atoms.